The van der Waals surface area contributed by atoms with Gasteiger partial charge in [-0.05, 0) is 38.3 Å². The Hall–Kier alpha value is -0.720. The molecule has 0 amide bonds. The van der Waals surface area contributed by atoms with Crippen molar-refractivity contribution < 1.29 is 0 Å². The van der Waals surface area contributed by atoms with E-state index in [-0.39, 0.29) is 0 Å². The molecular weight excluding hydrogens is 146 g/mol. The molecule has 1 aliphatic heterocycles. The maximum atomic E-state index is 2.48. The van der Waals surface area contributed by atoms with Crippen molar-refractivity contribution >= 4 is 0 Å². The number of nitrogens with zero attached hydrogens (tertiary/aromatic N) is 1. The summed E-state index contributed by atoms with van der Waals surface area (Å²) >= 11 is 0. The van der Waals surface area contributed by atoms with Gasteiger partial charge in [0.25, 0.3) is 0 Å². The Morgan fingerprint density at radius 1 is 1.17 bits per heavy atom. The summed E-state index contributed by atoms with van der Waals surface area (Å²) in [6, 6.07) is 0. The molecule has 1 heterocycles. The summed E-state index contributed by atoms with van der Waals surface area (Å²) in [5, 5.41) is 0. The van der Waals surface area contributed by atoms with Crippen molar-refractivity contribution in [1.29, 1.82) is 0 Å². The van der Waals surface area contributed by atoms with E-state index in [2.05, 4.69) is 23.3 Å². The third-order valence-corrected chi connectivity index (χ3v) is 2.68. The summed E-state index contributed by atoms with van der Waals surface area (Å²) < 4.78 is 0. The van der Waals surface area contributed by atoms with E-state index in [0.717, 1.165) is 0 Å². The minimum absolute atomic E-state index is 1.19. The molecule has 2 aliphatic rings. The van der Waals surface area contributed by atoms with Gasteiger partial charge in [-0.1, -0.05) is 17.7 Å². The number of rotatable bonds is 1. The van der Waals surface area contributed by atoms with Crippen molar-refractivity contribution in [1.82, 2.24) is 4.90 Å². The fourth-order valence-corrected chi connectivity index (χ4v) is 1.97. The van der Waals surface area contributed by atoms with E-state index in [1.807, 2.05) is 0 Å². The van der Waals surface area contributed by atoms with Gasteiger partial charge in [-0.15, -0.1) is 0 Å². The van der Waals surface area contributed by atoms with Crippen LogP contribution in [0.15, 0.2) is 23.9 Å². The summed E-state index contributed by atoms with van der Waals surface area (Å²) in [6.07, 6.45) is 13.5. The average molecular weight is 163 g/mol. The predicted molar refractivity (Wildman–Crippen MR) is 51.9 cm³/mol. The van der Waals surface area contributed by atoms with Gasteiger partial charge in [0.2, 0.25) is 0 Å². The molecule has 0 radical (unpaired) electrons. The Bertz CT molecular complexity index is 197. The predicted octanol–water partition coefficient (Wildman–Crippen LogP) is 2.71. The summed E-state index contributed by atoms with van der Waals surface area (Å²) in [6.45, 7) is 2.57. The lowest BCUT2D eigenvalue weighted by Crippen LogP contribution is -2.12. The highest BCUT2D eigenvalue weighted by Crippen LogP contribution is 2.19. The maximum Gasteiger partial charge on any atom is 0.0173 e. The van der Waals surface area contributed by atoms with Gasteiger partial charge in [-0.2, -0.15) is 0 Å². The lowest BCUT2D eigenvalue weighted by Gasteiger charge is -2.15. The van der Waals surface area contributed by atoms with Crippen LogP contribution in [0.3, 0.4) is 0 Å². The number of hydrogen-bond acceptors (Lipinski definition) is 1. The zero-order chi connectivity index (χ0) is 8.23. The van der Waals surface area contributed by atoms with Crippen molar-refractivity contribution in [2.75, 3.05) is 13.1 Å². The molecule has 1 saturated heterocycles. The second-order valence-corrected chi connectivity index (χ2v) is 3.74. The summed E-state index contributed by atoms with van der Waals surface area (Å²) in [5.74, 6) is 0. The quantitative estimate of drug-likeness (QED) is 0.537. The second-order valence-electron chi connectivity index (χ2n) is 3.74. The molecule has 1 aliphatic carbocycles. The summed E-state index contributed by atoms with van der Waals surface area (Å²) in [4.78, 5) is 2.48. The Labute approximate surface area is 74.8 Å². The van der Waals surface area contributed by atoms with Gasteiger partial charge in [-0.25, -0.2) is 0 Å². The molecule has 0 N–H and O–H groups in total. The van der Waals surface area contributed by atoms with Crippen LogP contribution in [0.2, 0.25) is 0 Å². The second kappa shape index (κ2) is 3.79. The number of allylic oxidation sites excluding steroid dienone is 3. The van der Waals surface area contributed by atoms with E-state index in [0.29, 0.717) is 0 Å². The van der Waals surface area contributed by atoms with E-state index in [1.165, 1.54) is 45.2 Å². The zero-order valence-corrected chi connectivity index (χ0v) is 7.63. The Kier molecular flexibility index (Phi) is 2.50. The molecule has 0 atom stereocenters. The Morgan fingerprint density at radius 2 is 2.00 bits per heavy atom. The van der Waals surface area contributed by atoms with Crippen LogP contribution in [0.4, 0.5) is 0 Å². The van der Waals surface area contributed by atoms with Crippen LogP contribution in [0, 0.1) is 0 Å². The molecule has 1 heteroatoms. The first kappa shape index (κ1) is 7.90. The topological polar surface area (TPSA) is 3.24 Å². The van der Waals surface area contributed by atoms with Crippen LogP contribution >= 0.6 is 0 Å². The van der Waals surface area contributed by atoms with Crippen molar-refractivity contribution in [2.45, 2.75) is 32.1 Å². The smallest absolute Gasteiger partial charge is 0.0173 e. The highest BCUT2D eigenvalue weighted by atomic mass is 15.1. The van der Waals surface area contributed by atoms with Crippen molar-refractivity contribution in [3.63, 3.8) is 0 Å². The third-order valence-electron chi connectivity index (χ3n) is 2.68. The lowest BCUT2D eigenvalue weighted by atomic mass is 10.0. The van der Waals surface area contributed by atoms with E-state index in [9.17, 15) is 0 Å². The van der Waals surface area contributed by atoms with Crippen LogP contribution < -0.4 is 0 Å². The third kappa shape index (κ3) is 1.90. The lowest BCUT2D eigenvalue weighted by molar-refractivity contribution is 0.460. The van der Waals surface area contributed by atoms with Gasteiger partial charge in [0.1, 0.15) is 0 Å². The minimum Gasteiger partial charge on any atom is -0.377 e. The first-order valence-electron chi connectivity index (χ1n) is 5.04. The number of hydrogen-bond donors (Lipinski definition) is 0. The van der Waals surface area contributed by atoms with Gasteiger partial charge < -0.3 is 4.90 Å². The summed E-state index contributed by atoms with van der Waals surface area (Å²) in [7, 11) is 0. The molecule has 0 unspecified atom stereocenters. The fraction of sp³-hybridized carbons (Fsp3) is 0.636. The molecule has 66 valence electrons. The average Bonchev–Trinajstić information content (AvgIpc) is 2.59. The molecule has 1 fully saturated rings. The molecule has 2 rings (SSSR count). The molecular formula is C11H17N. The van der Waals surface area contributed by atoms with E-state index >= 15 is 0 Å². The molecule has 0 aromatic carbocycles. The Morgan fingerprint density at radius 3 is 2.67 bits per heavy atom. The monoisotopic (exact) mass is 163 g/mol. The Balaban J connectivity index is 1.92. The van der Waals surface area contributed by atoms with Gasteiger partial charge in [0, 0.05) is 13.1 Å². The van der Waals surface area contributed by atoms with Crippen LogP contribution in [-0.2, 0) is 0 Å². The molecule has 1 nitrogen and oxygen atoms in total. The zero-order valence-electron chi connectivity index (χ0n) is 7.63. The van der Waals surface area contributed by atoms with E-state index in [1.54, 1.807) is 5.57 Å². The maximum absolute atomic E-state index is 2.48. The van der Waals surface area contributed by atoms with Gasteiger partial charge in [0.05, 0.1) is 0 Å². The van der Waals surface area contributed by atoms with E-state index in [4.69, 9.17) is 0 Å². The molecule has 0 spiro atoms. The van der Waals surface area contributed by atoms with Gasteiger partial charge >= 0.3 is 0 Å². The largest absolute Gasteiger partial charge is 0.377 e. The molecule has 0 saturated carbocycles. The number of likely N-dealkylation sites (tertiary alicyclic amines) is 1. The first-order valence-corrected chi connectivity index (χ1v) is 5.04. The SMILES string of the molecule is C1=CC/C(=C/N2CCCC2)CC1. The van der Waals surface area contributed by atoms with Crippen LogP contribution in [-0.4, -0.2) is 18.0 Å². The molecule has 0 bridgehead atoms. The normalized spacial score (nSPS) is 27.0. The molecule has 0 aromatic heterocycles. The first-order chi connectivity index (χ1) is 5.95. The van der Waals surface area contributed by atoms with Crippen molar-refractivity contribution in [3.05, 3.63) is 23.9 Å². The van der Waals surface area contributed by atoms with Crippen LogP contribution in [0.25, 0.3) is 0 Å². The van der Waals surface area contributed by atoms with E-state index < -0.39 is 0 Å². The highest BCUT2D eigenvalue weighted by Gasteiger charge is 2.08. The van der Waals surface area contributed by atoms with Crippen molar-refractivity contribution in [2.24, 2.45) is 0 Å². The van der Waals surface area contributed by atoms with Crippen LogP contribution in [0.5, 0.6) is 0 Å². The van der Waals surface area contributed by atoms with Gasteiger partial charge in [0.15, 0.2) is 0 Å². The minimum atomic E-state index is 1.19. The summed E-state index contributed by atoms with van der Waals surface area (Å²) in [5.41, 5.74) is 1.62. The highest BCUT2D eigenvalue weighted by molar-refractivity contribution is 5.12. The van der Waals surface area contributed by atoms with Crippen LogP contribution in [0.1, 0.15) is 32.1 Å². The molecule has 0 aromatic rings. The fourth-order valence-electron chi connectivity index (χ4n) is 1.97. The standard InChI is InChI=1S/C11H17N/c1-2-6-11(7-3-1)10-12-8-4-5-9-12/h1-2,10H,3-9H2/b11-10-. The molecule has 12 heavy (non-hydrogen) atoms. The van der Waals surface area contributed by atoms with Gasteiger partial charge in [-0.3, -0.25) is 0 Å². The van der Waals surface area contributed by atoms with Crippen molar-refractivity contribution in [3.8, 4) is 0 Å².